The van der Waals surface area contributed by atoms with Gasteiger partial charge in [-0.05, 0) is 35.4 Å². The Morgan fingerprint density at radius 2 is 1.45 bits per heavy atom. The minimum absolute atomic E-state index is 0.314. The van der Waals surface area contributed by atoms with E-state index in [2.05, 4.69) is 22.1 Å². The molecule has 0 spiro atoms. The maximum atomic E-state index is 12.9. The summed E-state index contributed by atoms with van der Waals surface area (Å²) in [6.45, 7) is 5.28. The molecule has 0 bridgehead atoms. The molecule has 0 fully saturated rings. The lowest BCUT2D eigenvalue weighted by Gasteiger charge is -2.18. The summed E-state index contributed by atoms with van der Waals surface area (Å²) in [4.78, 5) is 6.07. The van der Waals surface area contributed by atoms with Gasteiger partial charge in [-0.1, -0.05) is 74.5 Å². The van der Waals surface area contributed by atoms with Gasteiger partial charge in [0.2, 0.25) is 10.0 Å². The largest absolute Gasteiger partial charge is 0.312 e. The minimum Gasteiger partial charge on any atom is -0.312 e. The highest BCUT2D eigenvalue weighted by atomic mass is 32.2. The Labute approximate surface area is 199 Å². The summed E-state index contributed by atoms with van der Waals surface area (Å²) < 4.78 is 29.4. The number of hydrogen-bond acceptors (Lipinski definition) is 4. The maximum absolute atomic E-state index is 12.9. The van der Waals surface area contributed by atoms with Crippen LogP contribution in [0.5, 0.6) is 0 Å². The van der Waals surface area contributed by atoms with Crippen LogP contribution in [-0.4, -0.2) is 30.4 Å². The molecule has 170 valence electrons. The van der Waals surface area contributed by atoms with Crippen LogP contribution in [0.25, 0.3) is 11.3 Å². The van der Waals surface area contributed by atoms with Crippen molar-refractivity contribution in [1.82, 2.24) is 8.87 Å². The van der Waals surface area contributed by atoms with Gasteiger partial charge >= 0.3 is 0 Å². The number of benzene rings is 3. The van der Waals surface area contributed by atoms with Gasteiger partial charge in [0.15, 0.2) is 4.80 Å². The van der Waals surface area contributed by atoms with Gasteiger partial charge in [-0.15, -0.1) is 11.3 Å². The molecule has 0 saturated carbocycles. The van der Waals surface area contributed by atoms with Crippen LogP contribution in [0.3, 0.4) is 0 Å². The second kappa shape index (κ2) is 10.3. The molecule has 0 saturated heterocycles. The molecule has 0 amide bonds. The Morgan fingerprint density at radius 1 is 0.848 bits per heavy atom. The first kappa shape index (κ1) is 23.2. The van der Waals surface area contributed by atoms with Gasteiger partial charge in [-0.3, -0.25) is 0 Å². The zero-order valence-electron chi connectivity index (χ0n) is 18.8. The fraction of sp³-hybridized carbons (Fsp3) is 0.192. The molecule has 0 aliphatic rings. The van der Waals surface area contributed by atoms with Crippen LogP contribution < -0.4 is 4.80 Å². The van der Waals surface area contributed by atoms with Crippen LogP contribution >= 0.6 is 11.3 Å². The average molecular weight is 478 g/mol. The number of para-hydroxylation sites is 1. The molecule has 1 aromatic heterocycles. The average Bonchev–Trinajstić information content (AvgIpc) is 3.23. The first-order valence-electron chi connectivity index (χ1n) is 11.0. The van der Waals surface area contributed by atoms with Crippen LogP contribution in [0.4, 0.5) is 5.69 Å². The van der Waals surface area contributed by atoms with Crippen molar-refractivity contribution >= 4 is 27.0 Å². The van der Waals surface area contributed by atoms with Crippen molar-refractivity contribution < 1.29 is 8.42 Å². The first-order valence-corrected chi connectivity index (χ1v) is 13.3. The van der Waals surface area contributed by atoms with Gasteiger partial charge in [0.25, 0.3) is 0 Å². The molecule has 5 nitrogen and oxygen atoms in total. The van der Waals surface area contributed by atoms with E-state index in [0.717, 1.165) is 21.7 Å². The quantitative estimate of drug-likeness (QED) is 0.335. The zero-order valence-corrected chi connectivity index (χ0v) is 20.4. The monoisotopic (exact) mass is 477 g/mol. The standard InChI is InChI=1S/C26H27N3O2S2/c1-3-28(4-2)33(30,31)24-17-15-22(16-18-24)25-20-32-26(27-23-13-9-6-10-14-23)29(25)19-21-11-7-5-8-12-21/h5-18,20H,3-4,19H2,1-2H3. The van der Waals surface area contributed by atoms with Gasteiger partial charge in [-0.2, -0.15) is 4.31 Å². The van der Waals surface area contributed by atoms with E-state index < -0.39 is 10.0 Å². The second-order valence-electron chi connectivity index (χ2n) is 7.54. The summed E-state index contributed by atoms with van der Waals surface area (Å²) in [6.07, 6.45) is 0. The Balaban J connectivity index is 1.77. The summed E-state index contributed by atoms with van der Waals surface area (Å²) in [7, 11) is -3.48. The van der Waals surface area contributed by atoms with E-state index >= 15 is 0 Å². The Kier molecular flexibility index (Phi) is 7.23. The Bertz CT molecular complexity index is 1350. The Hall–Kier alpha value is -3.00. The van der Waals surface area contributed by atoms with Crippen LogP contribution in [0.1, 0.15) is 19.4 Å². The highest BCUT2D eigenvalue weighted by molar-refractivity contribution is 7.89. The van der Waals surface area contributed by atoms with E-state index in [0.29, 0.717) is 24.5 Å². The second-order valence-corrected chi connectivity index (χ2v) is 10.3. The third kappa shape index (κ3) is 5.16. The van der Waals surface area contributed by atoms with Crippen molar-refractivity contribution in [3.63, 3.8) is 0 Å². The number of sulfonamides is 1. The molecule has 7 heteroatoms. The van der Waals surface area contributed by atoms with E-state index in [1.165, 1.54) is 9.87 Å². The normalized spacial score (nSPS) is 12.4. The zero-order chi connectivity index (χ0) is 23.3. The predicted octanol–water partition coefficient (Wildman–Crippen LogP) is 5.53. The topological polar surface area (TPSA) is 54.7 Å². The van der Waals surface area contributed by atoms with Crippen LogP contribution in [0, 0.1) is 0 Å². The molecule has 0 atom stereocenters. The summed E-state index contributed by atoms with van der Waals surface area (Å²) in [6, 6.07) is 27.3. The maximum Gasteiger partial charge on any atom is 0.243 e. The summed E-state index contributed by atoms with van der Waals surface area (Å²) in [5, 5.41) is 2.08. The molecule has 0 radical (unpaired) electrons. The fourth-order valence-corrected chi connectivity index (χ4v) is 6.08. The SMILES string of the molecule is CCN(CC)S(=O)(=O)c1ccc(-c2csc(=Nc3ccccc3)n2Cc2ccccc2)cc1. The molecular formula is C26H27N3O2S2. The van der Waals surface area contributed by atoms with Gasteiger partial charge in [0.1, 0.15) is 0 Å². The van der Waals surface area contributed by atoms with E-state index in [1.807, 2.05) is 74.5 Å². The lowest BCUT2D eigenvalue weighted by Crippen LogP contribution is -2.30. The fourth-order valence-electron chi connectivity index (χ4n) is 3.69. The summed E-state index contributed by atoms with van der Waals surface area (Å²) in [5.74, 6) is 0. The molecule has 4 aromatic rings. The van der Waals surface area contributed by atoms with Crippen LogP contribution in [-0.2, 0) is 16.6 Å². The van der Waals surface area contributed by atoms with E-state index in [1.54, 1.807) is 23.5 Å². The van der Waals surface area contributed by atoms with Crippen molar-refractivity contribution in [2.75, 3.05) is 13.1 Å². The van der Waals surface area contributed by atoms with Crippen molar-refractivity contribution in [3.05, 3.63) is 101 Å². The number of rotatable bonds is 8. The molecule has 0 unspecified atom stereocenters. The molecular weight excluding hydrogens is 450 g/mol. The number of hydrogen-bond donors (Lipinski definition) is 0. The van der Waals surface area contributed by atoms with E-state index in [9.17, 15) is 8.42 Å². The predicted molar refractivity (Wildman–Crippen MR) is 135 cm³/mol. The smallest absolute Gasteiger partial charge is 0.243 e. The molecule has 4 rings (SSSR count). The molecule has 0 aliphatic heterocycles. The molecule has 33 heavy (non-hydrogen) atoms. The van der Waals surface area contributed by atoms with Crippen molar-refractivity contribution in [2.45, 2.75) is 25.3 Å². The van der Waals surface area contributed by atoms with Gasteiger partial charge in [-0.25, -0.2) is 13.4 Å². The third-order valence-electron chi connectivity index (χ3n) is 5.46. The lowest BCUT2D eigenvalue weighted by atomic mass is 10.1. The molecule has 0 N–H and O–H groups in total. The van der Waals surface area contributed by atoms with E-state index in [-0.39, 0.29) is 0 Å². The van der Waals surface area contributed by atoms with Gasteiger partial charge in [0.05, 0.1) is 22.8 Å². The highest BCUT2D eigenvalue weighted by Crippen LogP contribution is 2.25. The molecule has 0 aliphatic carbocycles. The van der Waals surface area contributed by atoms with Gasteiger partial charge in [0, 0.05) is 18.5 Å². The van der Waals surface area contributed by atoms with Gasteiger partial charge < -0.3 is 4.57 Å². The minimum atomic E-state index is -3.48. The number of nitrogens with zero attached hydrogens (tertiary/aromatic N) is 3. The number of thiazole rings is 1. The van der Waals surface area contributed by atoms with Crippen molar-refractivity contribution in [1.29, 1.82) is 0 Å². The third-order valence-corrected chi connectivity index (χ3v) is 8.38. The van der Waals surface area contributed by atoms with Crippen LogP contribution in [0.2, 0.25) is 0 Å². The molecule has 3 aromatic carbocycles. The van der Waals surface area contributed by atoms with Crippen molar-refractivity contribution in [3.8, 4) is 11.3 Å². The highest BCUT2D eigenvalue weighted by Gasteiger charge is 2.21. The first-order chi connectivity index (χ1) is 16.0. The summed E-state index contributed by atoms with van der Waals surface area (Å²) in [5.41, 5.74) is 4.03. The lowest BCUT2D eigenvalue weighted by molar-refractivity contribution is 0.445. The Morgan fingerprint density at radius 3 is 2.06 bits per heavy atom. The van der Waals surface area contributed by atoms with Crippen molar-refractivity contribution in [2.24, 2.45) is 4.99 Å². The number of aromatic nitrogens is 1. The van der Waals surface area contributed by atoms with E-state index in [4.69, 9.17) is 4.99 Å². The summed E-state index contributed by atoms with van der Waals surface area (Å²) >= 11 is 1.58. The molecule has 1 heterocycles. The van der Waals surface area contributed by atoms with Crippen LogP contribution in [0.15, 0.2) is 100 Å².